The summed E-state index contributed by atoms with van der Waals surface area (Å²) in [4.78, 5) is 23.8. The summed E-state index contributed by atoms with van der Waals surface area (Å²) in [6.45, 7) is -0.539. The van der Waals surface area contributed by atoms with Gasteiger partial charge in [0.25, 0.3) is 5.91 Å². The second-order valence-corrected chi connectivity index (χ2v) is 8.13. The number of benzene rings is 2. The van der Waals surface area contributed by atoms with E-state index >= 15 is 0 Å². The van der Waals surface area contributed by atoms with Gasteiger partial charge >= 0.3 is 0 Å². The quantitative estimate of drug-likeness (QED) is 0.754. The molecule has 2 amide bonds. The zero-order valence-corrected chi connectivity index (χ0v) is 15.9. The fourth-order valence-electron chi connectivity index (χ4n) is 2.21. The van der Waals surface area contributed by atoms with Crippen molar-refractivity contribution in [2.24, 2.45) is 5.73 Å². The van der Waals surface area contributed by atoms with Gasteiger partial charge in [-0.15, -0.1) is 0 Å². The first-order valence-electron chi connectivity index (χ1n) is 7.20. The molecule has 0 atom stereocenters. The molecule has 138 valence electrons. The van der Waals surface area contributed by atoms with Gasteiger partial charge in [0, 0.05) is 10.0 Å². The highest BCUT2D eigenvalue weighted by atomic mass is 35.5. The molecule has 2 aromatic rings. The zero-order valence-electron chi connectivity index (χ0n) is 13.6. The van der Waals surface area contributed by atoms with Crippen molar-refractivity contribution in [2.75, 3.05) is 22.4 Å². The summed E-state index contributed by atoms with van der Waals surface area (Å²) >= 11 is 11.8. The summed E-state index contributed by atoms with van der Waals surface area (Å²) in [6, 6.07) is 10.3. The Labute approximate surface area is 160 Å². The fraction of sp³-hybridized carbons (Fsp3) is 0.125. The van der Waals surface area contributed by atoms with Gasteiger partial charge in [-0.1, -0.05) is 35.3 Å². The van der Waals surface area contributed by atoms with Crippen LogP contribution in [0.5, 0.6) is 0 Å². The normalized spacial score (nSPS) is 11.0. The van der Waals surface area contributed by atoms with Gasteiger partial charge in [0.15, 0.2) is 0 Å². The van der Waals surface area contributed by atoms with E-state index in [0.717, 1.165) is 10.6 Å². The Morgan fingerprint density at radius 1 is 1.12 bits per heavy atom. The number of nitrogens with two attached hydrogens (primary N) is 1. The second kappa shape index (κ2) is 7.94. The smallest absolute Gasteiger partial charge is 0.250 e. The van der Waals surface area contributed by atoms with Crippen molar-refractivity contribution in [1.29, 1.82) is 0 Å². The maximum atomic E-state index is 12.4. The van der Waals surface area contributed by atoms with Crippen LogP contribution in [0.1, 0.15) is 10.4 Å². The number of amides is 2. The van der Waals surface area contributed by atoms with Crippen molar-refractivity contribution in [3.8, 4) is 0 Å². The van der Waals surface area contributed by atoms with Crippen LogP contribution in [0.2, 0.25) is 10.0 Å². The fourth-order valence-corrected chi connectivity index (χ4v) is 3.57. The standard InChI is InChI=1S/C16H15Cl2N3O4S/c1-26(24,25)21(12-7-10(17)6-11(18)8-12)9-15(22)20-14-5-3-2-4-13(14)16(19)23/h2-8H,9H2,1H3,(H2,19,23)(H,20,22). The Bertz CT molecular complexity index is 943. The number of para-hydroxylation sites is 1. The summed E-state index contributed by atoms with van der Waals surface area (Å²) in [5, 5.41) is 2.93. The number of hydrogen-bond acceptors (Lipinski definition) is 4. The summed E-state index contributed by atoms with van der Waals surface area (Å²) in [6.07, 6.45) is 0.951. The van der Waals surface area contributed by atoms with Crippen molar-refractivity contribution in [2.45, 2.75) is 0 Å². The third-order valence-corrected chi connectivity index (χ3v) is 4.87. The third-order valence-electron chi connectivity index (χ3n) is 3.29. The lowest BCUT2D eigenvalue weighted by atomic mass is 10.1. The predicted molar refractivity (Wildman–Crippen MR) is 102 cm³/mol. The third kappa shape index (κ3) is 5.10. The molecular weight excluding hydrogens is 401 g/mol. The lowest BCUT2D eigenvalue weighted by Gasteiger charge is -2.22. The molecule has 0 aliphatic rings. The van der Waals surface area contributed by atoms with Gasteiger partial charge in [-0.05, 0) is 30.3 Å². The molecule has 10 heteroatoms. The monoisotopic (exact) mass is 415 g/mol. The second-order valence-electron chi connectivity index (χ2n) is 5.36. The highest BCUT2D eigenvalue weighted by Crippen LogP contribution is 2.27. The average Bonchev–Trinajstić information content (AvgIpc) is 2.50. The summed E-state index contributed by atoms with van der Waals surface area (Å²) in [5.74, 6) is -1.39. The highest BCUT2D eigenvalue weighted by Gasteiger charge is 2.22. The van der Waals surface area contributed by atoms with E-state index in [1.54, 1.807) is 12.1 Å². The van der Waals surface area contributed by atoms with E-state index in [4.69, 9.17) is 28.9 Å². The van der Waals surface area contributed by atoms with Crippen molar-refractivity contribution < 1.29 is 18.0 Å². The van der Waals surface area contributed by atoms with Crippen molar-refractivity contribution in [3.63, 3.8) is 0 Å². The lowest BCUT2D eigenvalue weighted by Crippen LogP contribution is -2.37. The summed E-state index contributed by atoms with van der Waals surface area (Å²) in [5.41, 5.74) is 5.69. The molecule has 0 spiro atoms. The minimum absolute atomic E-state index is 0.109. The lowest BCUT2D eigenvalue weighted by molar-refractivity contribution is -0.114. The van der Waals surface area contributed by atoms with Crippen LogP contribution in [-0.2, 0) is 14.8 Å². The van der Waals surface area contributed by atoms with Gasteiger partial charge in [-0.3, -0.25) is 13.9 Å². The van der Waals surface area contributed by atoms with Gasteiger partial charge < -0.3 is 11.1 Å². The SMILES string of the molecule is CS(=O)(=O)N(CC(=O)Nc1ccccc1C(N)=O)c1cc(Cl)cc(Cl)c1. The van der Waals surface area contributed by atoms with E-state index in [1.165, 1.54) is 30.3 Å². The van der Waals surface area contributed by atoms with E-state index in [0.29, 0.717) is 0 Å². The van der Waals surface area contributed by atoms with Gasteiger partial charge in [0.2, 0.25) is 15.9 Å². The maximum Gasteiger partial charge on any atom is 0.250 e. The van der Waals surface area contributed by atoms with E-state index in [2.05, 4.69) is 5.32 Å². The van der Waals surface area contributed by atoms with Crippen molar-refractivity contribution in [1.82, 2.24) is 0 Å². The van der Waals surface area contributed by atoms with E-state index in [1.807, 2.05) is 0 Å². The van der Waals surface area contributed by atoms with Crippen LogP contribution >= 0.6 is 23.2 Å². The van der Waals surface area contributed by atoms with Crippen LogP contribution in [0, 0.1) is 0 Å². The molecule has 0 aromatic heterocycles. The van der Waals surface area contributed by atoms with Gasteiger partial charge in [0.1, 0.15) is 6.54 Å². The Morgan fingerprint density at radius 3 is 2.23 bits per heavy atom. The Balaban J connectivity index is 2.30. The first-order chi connectivity index (χ1) is 12.1. The molecule has 0 radical (unpaired) electrons. The average molecular weight is 416 g/mol. The number of sulfonamides is 1. The first kappa shape index (κ1) is 20.0. The van der Waals surface area contributed by atoms with Crippen LogP contribution in [0.3, 0.4) is 0 Å². The number of carbonyl (C=O) groups excluding carboxylic acids is 2. The van der Waals surface area contributed by atoms with Crippen LogP contribution in [0.15, 0.2) is 42.5 Å². The van der Waals surface area contributed by atoms with Gasteiger partial charge in [0.05, 0.1) is 23.2 Å². The van der Waals surface area contributed by atoms with Gasteiger partial charge in [-0.25, -0.2) is 8.42 Å². The largest absolute Gasteiger partial charge is 0.366 e. The molecule has 2 aromatic carbocycles. The van der Waals surface area contributed by atoms with Gasteiger partial charge in [-0.2, -0.15) is 0 Å². The highest BCUT2D eigenvalue weighted by molar-refractivity contribution is 7.92. The number of halogens is 2. The molecule has 0 saturated heterocycles. The Hall–Kier alpha value is -2.29. The Kier molecular flexibility index (Phi) is 6.12. The molecule has 0 aliphatic carbocycles. The minimum Gasteiger partial charge on any atom is -0.366 e. The number of carbonyl (C=O) groups is 2. The van der Waals surface area contributed by atoms with Crippen LogP contribution in [-0.4, -0.2) is 33.0 Å². The molecule has 0 heterocycles. The molecule has 0 aliphatic heterocycles. The first-order valence-corrected chi connectivity index (χ1v) is 9.81. The number of anilines is 2. The molecule has 0 bridgehead atoms. The number of nitrogens with zero attached hydrogens (tertiary/aromatic N) is 1. The number of primary amides is 1. The molecule has 0 fully saturated rings. The molecule has 3 N–H and O–H groups in total. The Morgan fingerprint density at radius 2 is 1.69 bits per heavy atom. The molecular formula is C16H15Cl2N3O4S. The molecule has 7 nitrogen and oxygen atoms in total. The molecule has 2 rings (SSSR count). The van der Waals surface area contributed by atoms with E-state index in [-0.39, 0.29) is 27.0 Å². The topological polar surface area (TPSA) is 110 Å². The summed E-state index contributed by atoms with van der Waals surface area (Å²) < 4.78 is 25.1. The zero-order chi connectivity index (χ0) is 19.5. The minimum atomic E-state index is -3.80. The van der Waals surface area contributed by atoms with Crippen molar-refractivity contribution >= 4 is 56.4 Å². The van der Waals surface area contributed by atoms with Crippen LogP contribution in [0.4, 0.5) is 11.4 Å². The van der Waals surface area contributed by atoms with E-state index in [9.17, 15) is 18.0 Å². The maximum absolute atomic E-state index is 12.4. The number of rotatable bonds is 6. The molecule has 26 heavy (non-hydrogen) atoms. The molecule has 0 saturated carbocycles. The summed E-state index contributed by atoms with van der Waals surface area (Å²) in [7, 11) is -3.80. The van der Waals surface area contributed by atoms with Crippen molar-refractivity contribution in [3.05, 3.63) is 58.1 Å². The predicted octanol–water partition coefficient (Wildman–Crippen LogP) is 2.50. The van der Waals surface area contributed by atoms with E-state index < -0.39 is 28.4 Å². The molecule has 0 unspecified atom stereocenters. The van der Waals surface area contributed by atoms with Crippen LogP contribution in [0.25, 0.3) is 0 Å². The number of nitrogens with one attached hydrogen (secondary N) is 1. The van der Waals surface area contributed by atoms with Crippen LogP contribution < -0.4 is 15.4 Å². The number of hydrogen-bond donors (Lipinski definition) is 2.